The Morgan fingerprint density at radius 2 is 1.96 bits per heavy atom. The summed E-state index contributed by atoms with van der Waals surface area (Å²) in [4.78, 5) is 15.6. The van der Waals surface area contributed by atoms with Gasteiger partial charge < -0.3 is 34.0 Å². The molecule has 2 aliphatic rings. The average Bonchev–Trinajstić information content (AvgIpc) is 2.61. The van der Waals surface area contributed by atoms with Gasteiger partial charge in [-0.25, -0.2) is 0 Å². The van der Waals surface area contributed by atoms with Crippen molar-refractivity contribution in [3.05, 3.63) is 29.8 Å². The first-order valence-corrected chi connectivity index (χ1v) is 7.85. The van der Waals surface area contributed by atoms with Crippen LogP contribution in [-0.2, 0) is 23.8 Å². The minimum Gasteiger partial charge on any atom is -0.497 e. The molecular formula is C16H21NO8. The molecule has 0 saturated carbocycles. The highest BCUT2D eigenvalue weighted by Crippen LogP contribution is 2.34. The molecule has 1 aromatic rings. The maximum atomic E-state index is 10.9. The van der Waals surface area contributed by atoms with Crippen LogP contribution in [0.5, 0.6) is 5.75 Å². The zero-order valence-electron chi connectivity index (χ0n) is 13.8. The minimum atomic E-state index is -1.37. The quantitative estimate of drug-likeness (QED) is 0.622. The number of methoxy groups -OCH3 is 1. The summed E-state index contributed by atoms with van der Waals surface area (Å²) in [6.07, 6.45) is -4.65. The summed E-state index contributed by atoms with van der Waals surface area (Å²) < 4.78 is 21.9. The SMILES string of the molecule is COc1ccc([C@@H]2OC[C@@H]3O[C@H](O)[C@H](NOC(C)=O)[C@@H](O)[C@H]3O2)cc1. The van der Waals surface area contributed by atoms with Crippen LogP contribution in [0.4, 0.5) is 0 Å². The van der Waals surface area contributed by atoms with Crippen LogP contribution in [0.25, 0.3) is 0 Å². The number of rotatable bonds is 4. The monoisotopic (exact) mass is 355 g/mol. The second-order valence-corrected chi connectivity index (χ2v) is 5.83. The second kappa shape index (κ2) is 7.65. The molecule has 0 amide bonds. The summed E-state index contributed by atoms with van der Waals surface area (Å²) in [6.45, 7) is 1.33. The number of fused-ring (bicyclic) bond motifs is 1. The maximum Gasteiger partial charge on any atom is 0.321 e. The van der Waals surface area contributed by atoms with Gasteiger partial charge in [0, 0.05) is 12.5 Å². The molecular weight excluding hydrogens is 334 g/mol. The van der Waals surface area contributed by atoms with Gasteiger partial charge in [0.25, 0.3) is 0 Å². The first-order chi connectivity index (χ1) is 12.0. The average molecular weight is 355 g/mol. The Hall–Kier alpha value is -1.75. The Kier molecular flexibility index (Phi) is 5.52. The number of aliphatic hydroxyl groups is 2. The smallest absolute Gasteiger partial charge is 0.321 e. The van der Waals surface area contributed by atoms with E-state index in [4.69, 9.17) is 18.9 Å². The number of benzene rings is 1. The van der Waals surface area contributed by atoms with E-state index in [0.29, 0.717) is 5.75 Å². The third-order valence-corrected chi connectivity index (χ3v) is 4.11. The molecule has 2 aliphatic heterocycles. The molecule has 138 valence electrons. The van der Waals surface area contributed by atoms with E-state index >= 15 is 0 Å². The van der Waals surface area contributed by atoms with Crippen LogP contribution >= 0.6 is 0 Å². The number of aliphatic hydroxyl groups excluding tert-OH is 2. The molecule has 3 rings (SSSR count). The number of hydrogen-bond acceptors (Lipinski definition) is 9. The van der Waals surface area contributed by atoms with E-state index in [2.05, 4.69) is 10.3 Å². The Morgan fingerprint density at radius 1 is 1.24 bits per heavy atom. The van der Waals surface area contributed by atoms with Gasteiger partial charge >= 0.3 is 5.97 Å². The second-order valence-electron chi connectivity index (χ2n) is 5.83. The summed E-state index contributed by atoms with van der Waals surface area (Å²) in [5.74, 6) is 0.0952. The van der Waals surface area contributed by atoms with Crippen LogP contribution in [-0.4, -0.2) is 60.5 Å². The van der Waals surface area contributed by atoms with Gasteiger partial charge in [-0.1, -0.05) is 12.1 Å². The largest absolute Gasteiger partial charge is 0.497 e. The van der Waals surface area contributed by atoms with Gasteiger partial charge in [-0.2, -0.15) is 0 Å². The Labute approximate surface area is 144 Å². The Bertz CT molecular complexity index is 594. The summed E-state index contributed by atoms with van der Waals surface area (Å²) >= 11 is 0. The number of ether oxygens (including phenoxy) is 4. The van der Waals surface area contributed by atoms with Crippen molar-refractivity contribution in [3.63, 3.8) is 0 Å². The highest BCUT2D eigenvalue weighted by molar-refractivity contribution is 5.65. The van der Waals surface area contributed by atoms with E-state index in [0.717, 1.165) is 5.56 Å². The molecule has 9 nitrogen and oxygen atoms in total. The lowest BCUT2D eigenvalue weighted by molar-refractivity contribution is -0.343. The summed E-state index contributed by atoms with van der Waals surface area (Å²) in [5.41, 5.74) is 3.06. The maximum absolute atomic E-state index is 10.9. The van der Waals surface area contributed by atoms with Gasteiger partial charge in [-0.3, -0.25) is 4.79 Å². The van der Waals surface area contributed by atoms with Crippen LogP contribution in [0.3, 0.4) is 0 Å². The number of carbonyl (C=O) groups excluding carboxylic acids is 1. The molecule has 0 unspecified atom stereocenters. The Morgan fingerprint density at radius 3 is 2.60 bits per heavy atom. The van der Waals surface area contributed by atoms with E-state index in [-0.39, 0.29) is 6.61 Å². The van der Waals surface area contributed by atoms with Gasteiger partial charge in [0.15, 0.2) is 12.6 Å². The van der Waals surface area contributed by atoms with Crippen LogP contribution in [0.2, 0.25) is 0 Å². The standard InChI is InChI=1S/C16H21NO8/c1-8(18)25-17-12-13(19)14-11(23-15(12)20)7-22-16(24-14)9-3-5-10(21-2)6-4-9/h3-6,11-17,19-20H,7H2,1-2H3/t11-,12+,13+,14-,15-,16+/m0/s1. The van der Waals surface area contributed by atoms with Gasteiger partial charge in [0.1, 0.15) is 30.1 Å². The molecule has 1 aromatic carbocycles. The molecule has 0 bridgehead atoms. The molecule has 25 heavy (non-hydrogen) atoms. The van der Waals surface area contributed by atoms with Crippen molar-refractivity contribution in [1.82, 2.24) is 5.48 Å². The lowest BCUT2D eigenvalue weighted by Gasteiger charge is -2.46. The van der Waals surface area contributed by atoms with Gasteiger partial charge in [0.2, 0.25) is 0 Å². The van der Waals surface area contributed by atoms with Crippen molar-refractivity contribution >= 4 is 5.97 Å². The van der Waals surface area contributed by atoms with Crippen LogP contribution in [0.15, 0.2) is 24.3 Å². The van der Waals surface area contributed by atoms with Gasteiger partial charge in [-0.05, 0) is 12.1 Å². The zero-order valence-corrected chi connectivity index (χ0v) is 13.8. The predicted octanol–water partition coefficient (Wildman–Crippen LogP) is -0.376. The third-order valence-electron chi connectivity index (χ3n) is 4.11. The van der Waals surface area contributed by atoms with Crippen molar-refractivity contribution < 1.29 is 38.8 Å². The lowest BCUT2D eigenvalue weighted by Crippen LogP contribution is -2.65. The topological polar surface area (TPSA) is 116 Å². The predicted molar refractivity (Wildman–Crippen MR) is 82.1 cm³/mol. The first kappa shape index (κ1) is 18.1. The highest BCUT2D eigenvalue weighted by atomic mass is 16.7. The van der Waals surface area contributed by atoms with Crippen LogP contribution < -0.4 is 10.2 Å². The molecule has 2 fully saturated rings. The first-order valence-electron chi connectivity index (χ1n) is 7.85. The molecule has 0 spiro atoms. The van der Waals surface area contributed by atoms with Crippen molar-refractivity contribution in [3.8, 4) is 5.75 Å². The fourth-order valence-electron chi connectivity index (χ4n) is 2.82. The van der Waals surface area contributed by atoms with Crippen molar-refractivity contribution in [2.24, 2.45) is 0 Å². The molecule has 0 aliphatic carbocycles. The van der Waals surface area contributed by atoms with E-state index in [9.17, 15) is 15.0 Å². The summed E-state index contributed by atoms with van der Waals surface area (Å²) in [7, 11) is 1.57. The minimum absolute atomic E-state index is 0.135. The van der Waals surface area contributed by atoms with Crippen molar-refractivity contribution in [2.75, 3.05) is 13.7 Å². The van der Waals surface area contributed by atoms with Crippen molar-refractivity contribution in [2.45, 2.75) is 43.9 Å². The molecule has 9 heteroatoms. The van der Waals surface area contributed by atoms with Gasteiger partial charge in [-0.15, -0.1) is 5.48 Å². The van der Waals surface area contributed by atoms with Crippen LogP contribution in [0.1, 0.15) is 18.8 Å². The number of nitrogens with one attached hydrogen (secondary N) is 1. The van der Waals surface area contributed by atoms with E-state index in [1.165, 1.54) is 6.92 Å². The van der Waals surface area contributed by atoms with Crippen molar-refractivity contribution in [1.29, 1.82) is 0 Å². The van der Waals surface area contributed by atoms with Gasteiger partial charge in [0.05, 0.1) is 13.7 Å². The van der Waals surface area contributed by atoms with E-state index in [1.807, 2.05) is 0 Å². The van der Waals surface area contributed by atoms with E-state index in [1.54, 1.807) is 31.4 Å². The van der Waals surface area contributed by atoms with E-state index < -0.39 is 42.9 Å². The molecule has 2 saturated heterocycles. The third kappa shape index (κ3) is 3.92. The zero-order chi connectivity index (χ0) is 18.0. The molecule has 3 N–H and O–H groups in total. The summed E-state index contributed by atoms with van der Waals surface area (Å²) in [5, 5.41) is 20.5. The molecule has 2 heterocycles. The highest BCUT2D eigenvalue weighted by Gasteiger charge is 2.49. The number of hydrogen-bond donors (Lipinski definition) is 3. The Balaban J connectivity index is 1.69. The fraction of sp³-hybridized carbons (Fsp3) is 0.562. The fourth-order valence-corrected chi connectivity index (χ4v) is 2.82. The normalized spacial score (nSPS) is 34.9. The summed E-state index contributed by atoms with van der Waals surface area (Å²) in [6, 6.07) is 6.10. The molecule has 0 radical (unpaired) electrons. The molecule has 6 atom stereocenters. The number of carbonyl (C=O) groups is 1. The number of hydroxylamine groups is 1. The molecule has 0 aromatic heterocycles. The lowest BCUT2D eigenvalue weighted by atomic mass is 9.96. The van der Waals surface area contributed by atoms with Crippen LogP contribution in [0, 0.1) is 0 Å².